The van der Waals surface area contributed by atoms with Gasteiger partial charge in [0.2, 0.25) is 0 Å². The summed E-state index contributed by atoms with van der Waals surface area (Å²) in [6.07, 6.45) is 1.10. The molecule has 1 atom stereocenters. The molecule has 106 valence electrons. The highest BCUT2D eigenvalue weighted by molar-refractivity contribution is 5.54. The van der Waals surface area contributed by atoms with Crippen LogP contribution in [0.2, 0.25) is 0 Å². The summed E-state index contributed by atoms with van der Waals surface area (Å²) in [7, 11) is 0. The highest BCUT2D eigenvalue weighted by Gasteiger charge is 2.11. The van der Waals surface area contributed by atoms with Crippen molar-refractivity contribution in [3.63, 3.8) is 0 Å². The van der Waals surface area contributed by atoms with E-state index in [4.69, 9.17) is 0 Å². The SMILES string of the molecule is CCN(Cc1ccccn1)c1ccc(C(C)O)c(O)c1. The molecular formula is C16H20N2O2. The predicted molar refractivity (Wildman–Crippen MR) is 79.7 cm³/mol. The van der Waals surface area contributed by atoms with Gasteiger partial charge in [0, 0.05) is 30.1 Å². The summed E-state index contributed by atoms with van der Waals surface area (Å²) in [4.78, 5) is 6.43. The lowest BCUT2D eigenvalue weighted by molar-refractivity contribution is 0.195. The normalized spacial score (nSPS) is 12.2. The number of hydrogen-bond donors (Lipinski definition) is 2. The van der Waals surface area contributed by atoms with E-state index in [1.807, 2.05) is 24.3 Å². The zero-order valence-electron chi connectivity index (χ0n) is 11.8. The van der Waals surface area contributed by atoms with Crippen molar-refractivity contribution in [2.75, 3.05) is 11.4 Å². The van der Waals surface area contributed by atoms with E-state index in [2.05, 4.69) is 16.8 Å². The number of rotatable bonds is 5. The van der Waals surface area contributed by atoms with E-state index in [0.29, 0.717) is 12.1 Å². The molecule has 0 fully saturated rings. The van der Waals surface area contributed by atoms with Crippen molar-refractivity contribution in [2.24, 2.45) is 0 Å². The van der Waals surface area contributed by atoms with Crippen molar-refractivity contribution in [2.45, 2.75) is 26.5 Å². The smallest absolute Gasteiger partial charge is 0.123 e. The van der Waals surface area contributed by atoms with Gasteiger partial charge in [-0.05, 0) is 32.0 Å². The van der Waals surface area contributed by atoms with Crippen LogP contribution in [0, 0.1) is 0 Å². The Bertz CT molecular complexity index is 556. The van der Waals surface area contributed by atoms with Gasteiger partial charge in [-0.15, -0.1) is 0 Å². The third-order valence-electron chi connectivity index (χ3n) is 3.29. The third-order valence-corrected chi connectivity index (χ3v) is 3.29. The second-order valence-corrected chi connectivity index (χ2v) is 4.75. The van der Waals surface area contributed by atoms with E-state index in [1.54, 1.807) is 25.3 Å². The largest absolute Gasteiger partial charge is 0.507 e. The molecule has 0 aliphatic carbocycles. The van der Waals surface area contributed by atoms with Gasteiger partial charge in [0.15, 0.2) is 0 Å². The minimum absolute atomic E-state index is 0.122. The maximum atomic E-state index is 9.97. The summed E-state index contributed by atoms with van der Waals surface area (Å²) in [6, 6.07) is 11.2. The number of nitrogens with zero attached hydrogens (tertiary/aromatic N) is 2. The lowest BCUT2D eigenvalue weighted by Gasteiger charge is -2.23. The summed E-state index contributed by atoms with van der Waals surface area (Å²) in [5, 5.41) is 19.5. The number of phenols is 1. The topological polar surface area (TPSA) is 56.6 Å². The molecule has 1 aromatic carbocycles. The zero-order valence-corrected chi connectivity index (χ0v) is 11.8. The maximum absolute atomic E-state index is 9.97. The number of benzene rings is 1. The quantitative estimate of drug-likeness (QED) is 0.878. The molecule has 4 nitrogen and oxygen atoms in total. The van der Waals surface area contributed by atoms with Crippen LogP contribution in [-0.2, 0) is 6.54 Å². The number of phenolic OH excluding ortho intramolecular Hbond substituents is 1. The number of aliphatic hydroxyl groups is 1. The van der Waals surface area contributed by atoms with E-state index in [9.17, 15) is 10.2 Å². The highest BCUT2D eigenvalue weighted by Crippen LogP contribution is 2.29. The first-order valence-electron chi connectivity index (χ1n) is 6.77. The molecule has 0 amide bonds. The lowest BCUT2D eigenvalue weighted by Crippen LogP contribution is -2.22. The molecule has 0 aliphatic rings. The fourth-order valence-corrected chi connectivity index (χ4v) is 2.15. The number of anilines is 1. The summed E-state index contributed by atoms with van der Waals surface area (Å²) in [5.41, 5.74) is 2.44. The van der Waals surface area contributed by atoms with E-state index >= 15 is 0 Å². The highest BCUT2D eigenvalue weighted by atomic mass is 16.3. The molecule has 2 aromatic rings. The van der Waals surface area contributed by atoms with Crippen LogP contribution in [0.25, 0.3) is 0 Å². The Labute approximate surface area is 119 Å². The van der Waals surface area contributed by atoms with Crippen molar-refractivity contribution in [1.29, 1.82) is 0 Å². The van der Waals surface area contributed by atoms with E-state index in [0.717, 1.165) is 17.9 Å². The molecule has 0 saturated carbocycles. The fourth-order valence-electron chi connectivity index (χ4n) is 2.15. The van der Waals surface area contributed by atoms with Gasteiger partial charge in [-0.3, -0.25) is 4.98 Å². The summed E-state index contributed by atoms with van der Waals surface area (Å²) in [6.45, 7) is 5.19. The molecule has 2 rings (SSSR count). The average Bonchev–Trinajstić information content (AvgIpc) is 2.45. The van der Waals surface area contributed by atoms with Crippen molar-refractivity contribution < 1.29 is 10.2 Å². The van der Waals surface area contributed by atoms with E-state index < -0.39 is 6.10 Å². The molecule has 1 unspecified atom stereocenters. The Hall–Kier alpha value is -2.07. The Morgan fingerprint density at radius 2 is 2.05 bits per heavy atom. The van der Waals surface area contributed by atoms with Crippen LogP contribution in [0.15, 0.2) is 42.6 Å². The standard InChI is InChI=1S/C16H20N2O2/c1-3-18(11-13-6-4-5-9-17-13)14-7-8-15(12(2)19)16(20)10-14/h4-10,12,19-20H,3,11H2,1-2H3. The second-order valence-electron chi connectivity index (χ2n) is 4.75. The Morgan fingerprint density at radius 3 is 2.60 bits per heavy atom. The average molecular weight is 272 g/mol. The van der Waals surface area contributed by atoms with E-state index in [1.165, 1.54) is 0 Å². The first-order valence-corrected chi connectivity index (χ1v) is 6.77. The summed E-state index contributed by atoms with van der Waals surface area (Å²) >= 11 is 0. The monoisotopic (exact) mass is 272 g/mol. The number of aromatic nitrogens is 1. The second kappa shape index (κ2) is 6.39. The maximum Gasteiger partial charge on any atom is 0.123 e. The molecule has 1 heterocycles. The van der Waals surface area contributed by atoms with Crippen LogP contribution in [0.3, 0.4) is 0 Å². The summed E-state index contributed by atoms with van der Waals surface area (Å²) in [5.74, 6) is 0.122. The van der Waals surface area contributed by atoms with Gasteiger partial charge in [-0.1, -0.05) is 12.1 Å². The number of pyridine rings is 1. The van der Waals surface area contributed by atoms with Gasteiger partial charge in [0.05, 0.1) is 18.3 Å². The van der Waals surface area contributed by atoms with Crippen LogP contribution in [-0.4, -0.2) is 21.7 Å². The minimum atomic E-state index is -0.671. The van der Waals surface area contributed by atoms with Gasteiger partial charge in [0.1, 0.15) is 5.75 Å². The molecule has 0 aliphatic heterocycles. The van der Waals surface area contributed by atoms with Crippen LogP contribution in [0.5, 0.6) is 5.75 Å². The van der Waals surface area contributed by atoms with Crippen molar-refractivity contribution in [1.82, 2.24) is 4.98 Å². The van der Waals surface area contributed by atoms with Gasteiger partial charge in [0.25, 0.3) is 0 Å². The number of aromatic hydroxyl groups is 1. The van der Waals surface area contributed by atoms with E-state index in [-0.39, 0.29) is 5.75 Å². The number of aliphatic hydroxyl groups excluding tert-OH is 1. The number of hydrogen-bond acceptors (Lipinski definition) is 4. The third kappa shape index (κ3) is 3.27. The van der Waals surface area contributed by atoms with Crippen LogP contribution < -0.4 is 4.90 Å². The Morgan fingerprint density at radius 1 is 1.25 bits per heavy atom. The molecule has 0 spiro atoms. The van der Waals surface area contributed by atoms with Gasteiger partial charge < -0.3 is 15.1 Å². The predicted octanol–water partition coefficient (Wildman–Crippen LogP) is 2.87. The van der Waals surface area contributed by atoms with Crippen LogP contribution in [0.4, 0.5) is 5.69 Å². The molecule has 0 bridgehead atoms. The Kier molecular flexibility index (Phi) is 4.58. The van der Waals surface area contributed by atoms with Gasteiger partial charge in [-0.2, -0.15) is 0 Å². The molecule has 20 heavy (non-hydrogen) atoms. The molecule has 2 N–H and O–H groups in total. The molecule has 1 aromatic heterocycles. The molecule has 0 saturated heterocycles. The van der Waals surface area contributed by atoms with Crippen molar-refractivity contribution in [3.05, 3.63) is 53.9 Å². The fraction of sp³-hybridized carbons (Fsp3) is 0.312. The van der Waals surface area contributed by atoms with Gasteiger partial charge >= 0.3 is 0 Å². The zero-order chi connectivity index (χ0) is 14.5. The van der Waals surface area contributed by atoms with Crippen LogP contribution >= 0.6 is 0 Å². The molecule has 0 radical (unpaired) electrons. The van der Waals surface area contributed by atoms with Crippen molar-refractivity contribution in [3.8, 4) is 5.75 Å². The van der Waals surface area contributed by atoms with Crippen molar-refractivity contribution >= 4 is 5.69 Å². The van der Waals surface area contributed by atoms with Gasteiger partial charge in [-0.25, -0.2) is 0 Å². The van der Waals surface area contributed by atoms with Crippen LogP contribution in [0.1, 0.15) is 31.2 Å². The Balaban J connectivity index is 2.22. The molecule has 4 heteroatoms. The summed E-state index contributed by atoms with van der Waals surface area (Å²) < 4.78 is 0. The minimum Gasteiger partial charge on any atom is -0.507 e. The first-order chi connectivity index (χ1) is 9.61. The lowest BCUT2D eigenvalue weighted by atomic mass is 10.1. The molecular weight excluding hydrogens is 252 g/mol. The first kappa shape index (κ1) is 14.3.